The number of alkyl halides is 3. The van der Waals surface area contributed by atoms with Gasteiger partial charge in [-0.3, -0.25) is 5.10 Å². The maximum absolute atomic E-state index is 11.7. The zero-order valence-electron chi connectivity index (χ0n) is 5.38. The fraction of sp³-hybridized carbons (Fsp3) is 0.250. The molecule has 0 unspecified atom stereocenters. The van der Waals surface area contributed by atoms with Gasteiger partial charge < -0.3 is 5.11 Å². The second-order valence-corrected chi connectivity index (χ2v) is 1.81. The standard InChI is InChI=1S/C4H2F3N3O2/c5-4(6,7)3-8-1(2(11)12)9-10-3/h(H,11,12)(H,8,9,10). The number of carbonyl (C=O) groups is 1. The van der Waals surface area contributed by atoms with Gasteiger partial charge in [0.2, 0.25) is 5.82 Å². The Hall–Kier alpha value is -1.60. The van der Waals surface area contributed by atoms with Crippen LogP contribution in [-0.4, -0.2) is 26.3 Å². The molecule has 8 heteroatoms. The molecular formula is C4H2F3N3O2. The highest BCUT2D eigenvalue weighted by Crippen LogP contribution is 2.25. The third-order valence-electron chi connectivity index (χ3n) is 0.945. The second kappa shape index (κ2) is 2.47. The molecule has 1 rings (SSSR count). The molecule has 0 aliphatic heterocycles. The first-order valence-electron chi connectivity index (χ1n) is 2.64. The summed E-state index contributed by atoms with van der Waals surface area (Å²) in [6.45, 7) is 0. The summed E-state index contributed by atoms with van der Waals surface area (Å²) in [5.41, 5.74) is 0. The molecule has 0 spiro atoms. The molecule has 0 atom stereocenters. The van der Waals surface area contributed by atoms with Crippen LogP contribution in [0.15, 0.2) is 0 Å². The predicted molar refractivity (Wildman–Crippen MR) is 28.3 cm³/mol. The largest absolute Gasteiger partial charge is 0.475 e. The van der Waals surface area contributed by atoms with Crippen molar-refractivity contribution in [1.82, 2.24) is 15.2 Å². The minimum Gasteiger partial charge on any atom is -0.475 e. The smallest absolute Gasteiger partial charge is 0.451 e. The molecule has 0 aliphatic carbocycles. The Labute approximate surface area is 63.2 Å². The summed E-state index contributed by atoms with van der Waals surface area (Å²) in [4.78, 5) is 12.7. The van der Waals surface area contributed by atoms with Crippen LogP contribution >= 0.6 is 0 Å². The van der Waals surface area contributed by atoms with Gasteiger partial charge in [-0.2, -0.15) is 18.2 Å². The molecule has 66 valence electrons. The number of carboxylic acid groups (broad SMARTS) is 1. The van der Waals surface area contributed by atoms with Gasteiger partial charge in [0.25, 0.3) is 5.82 Å². The van der Waals surface area contributed by atoms with E-state index in [1.807, 2.05) is 0 Å². The molecule has 0 amide bonds. The van der Waals surface area contributed by atoms with Crippen molar-refractivity contribution in [2.45, 2.75) is 6.18 Å². The molecule has 0 fully saturated rings. The molecule has 0 saturated heterocycles. The van der Waals surface area contributed by atoms with E-state index in [-0.39, 0.29) is 0 Å². The number of aromatic nitrogens is 3. The Morgan fingerprint density at radius 1 is 1.50 bits per heavy atom. The van der Waals surface area contributed by atoms with E-state index in [0.717, 1.165) is 0 Å². The zero-order chi connectivity index (χ0) is 9.35. The van der Waals surface area contributed by atoms with Gasteiger partial charge in [-0.1, -0.05) is 0 Å². The van der Waals surface area contributed by atoms with E-state index in [9.17, 15) is 18.0 Å². The summed E-state index contributed by atoms with van der Waals surface area (Å²) in [6, 6.07) is 0. The molecular weight excluding hydrogens is 179 g/mol. The van der Waals surface area contributed by atoms with Crippen molar-refractivity contribution < 1.29 is 23.1 Å². The molecule has 12 heavy (non-hydrogen) atoms. The van der Waals surface area contributed by atoms with E-state index in [0.29, 0.717) is 0 Å². The van der Waals surface area contributed by atoms with E-state index in [1.165, 1.54) is 5.10 Å². The van der Waals surface area contributed by atoms with Crippen LogP contribution in [0.4, 0.5) is 13.2 Å². The first kappa shape index (κ1) is 8.50. The monoisotopic (exact) mass is 181 g/mol. The Kier molecular flexibility index (Phi) is 1.75. The summed E-state index contributed by atoms with van der Waals surface area (Å²) in [6.07, 6.45) is -4.69. The fourth-order valence-electron chi connectivity index (χ4n) is 0.484. The number of aromatic carboxylic acids is 1. The number of nitrogens with one attached hydrogen (secondary N) is 1. The number of hydrogen-bond acceptors (Lipinski definition) is 3. The zero-order valence-corrected chi connectivity index (χ0v) is 5.38. The number of H-pyrrole nitrogens is 1. The van der Waals surface area contributed by atoms with Crippen LogP contribution in [0.1, 0.15) is 16.4 Å². The number of nitrogens with zero attached hydrogens (tertiary/aromatic N) is 2. The number of hydrogen-bond donors (Lipinski definition) is 2. The number of halogens is 3. The first-order chi connectivity index (χ1) is 5.41. The molecule has 0 aromatic carbocycles. The summed E-state index contributed by atoms with van der Waals surface area (Å²) < 4.78 is 35.2. The van der Waals surface area contributed by atoms with E-state index in [2.05, 4.69) is 10.1 Å². The highest BCUT2D eigenvalue weighted by Gasteiger charge is 2.35. The van der Waals surface area contributed by atoms with Gasteiger partial charge in [0.05, 0.1) is 0 Å². The summed E-state index contributed by atoms with van der Waals surface area (Å²) >= 11 is 0. The number of aromatic amines is 1. The highest BCUT2D eigenvalue weighted by molar-refractivity contribution is 5.82. The molecule has 0 radical (unpaired) electrons. The lowest BCUT2D eigenvalue weighted by Crippen LogP contribution is -2.08. The Balaban J connectivity index is 3.00. The van der Waals surface area contributed by atoms with Crippen LogP contribution in [0.5, 0.6) is 0 Å². The van der Waals surface area contributed by atoms with Gasteiger partial charge in [0, 0.05) is 0 Å². The maximum Gasteiger partial charge on any atom is 0.451 e. The summed E-state index contributed by atoms with van der Waals surface area (Å²) in [5.74, 6) is -3.93. The fourth-order valence-corrected chi connectivity index (χ4v) is 0.484. The molecule has 1 heterocycles. The lowest BCUT2D eigenvalue weighted by atomic mass is 10.6. The molecule has 0 aliphatic rings. The summed E-state index contributed by atoms with van der Waals surface area (Å²) in [7, 11) is 0. The van der Waals surface area contributed by atoms with Crippen LogP contribution in [-0.2, 0) is 6.18 Å². The Morgan fingerprint density at radius 3 is 2.33 bits per heavy atom. The highest BCUT2D eigenvalue weighted by atomic mass is 19.4. The molecule has 0 saturated carbocycles. The Bertz CT molecular complexity index is 305. The molecule has 5 nitrogen and oxygen atoms in total. The minimum atomic E-state index is -4.69. The van der Waals surface area contributed by atoms with Gasteiger partial charge in [0.1, 0.15) is 0 Å². The van der Waals surface area contributed by atoms with Crippen LogP contribution in [0.2, 0.25) is 0 Å². The van der Waals surface area contributed by atoms with Gasteiger partial charge in [0.15, 0.2) is 0 Å². The van der Waals surface area contributed by atoms with E-state index in [4.69, 9.17) is 5.11 Å². The van der Waals surface area contributed by atoms with Gasteiger partial charge in [-0.05, 0) is 0 Å². The van der Waals surface area contributed by atoms with E-state index in [1.54, 1.807) is 0 Å². The van der Waals surface area contributed by atoms with E-state index < -0.39 is 23.8 Å². The number of rotatable bonds is 1. The SMILES string of the molecule is O=C(O)c1n[nH]c(C(F)(F)F)n1. The predicted octanol–water partition coefficient (Wildman–Crippen LogP) is 0.522. The lowest BCUT2D eigenvalue weighted by Gasteiger charge is -1.97. The van der Waals surface area contributed by atoms with Crippen LogP contribution < -0.4 is 0 Å². The van der Waals surface area contributed by atoms with Crippen molar-refractivity contribution in [3.8, 4) is 0 Å². The Morgan fingerprint density at radius 2 is 2.08 bits per heavy atom. The average molecular weight is 181 g/mol. The van der Waals surface area contributed by atoms with E-state index >= 15 is 0 Å². The van der Waals surface area contributed by atoms with Gasteiger partial charge in [-0.25, -0.2) is 4.79 Å². The van der Waals surface area contributed by atoms with Crippen molar-refractivity contribution in [3.05, 3.63) is 11.6 Å². The molecule has 2 N–H and O–H groups in total. The van der Waals surface area contributed by atoms with Crippen molar-refractivity contribution in [3.63, 3.8) is 0 Å². The topological polar surface area (TPSA) is 78.9 Å². The third-order valence-corrected chi connectivity index (χ3v) is 0.945. The molecule has 0 bridgehead atoms. The van der Waals surface area contributed by atoms with Crippen molar-refractivity contribution in [2.75, 3.05) is 0 Å². The average Bonchev–Trinajstić information content (AvgIpc) is 2.30. The van der Waals surface area contributed by atoms with Gasteiger partial charge in [-0.15, -0.1) is 5.10 Å². The molecule has 1 aromatic rings. The van der Waals surface area contributed by atoms with Crippen molar-refractivity contribution in [2.24, 2.45) is 0 Å². The quantitative estimate of drug-likeness (QED) is 0.661. The normalized spacial score (nSPS) is 11.6. The van der Waals surface area contributed by atoms with Crippen LogP contribution in [0, 0.1) is 0 Å². The second-order valence-electron chi connectivity index (χ2n) is 1.81. The molecule has 1 aromatic heterocycles. The van der Waals surface area contributed by atoms with Crippen molar-refractivity contribution in [1.29, 1.82) is 0 Å². The number of carboxylic acids is 1. The lowest BCUT2D eigenvalue weighted by molar-refractivity contribution is -0.144. The first-order valence-corrected chi connectivity index (χ1v) is 2.64. The third kappa shape index (κ3) is 1.52. The van der Waals surface area contributed by atoms with Crippen LogP contribution in [0.25, 0.3) is 0 Å². The van der Waals surface area contributed by atoms with Crippen molar-refractivity contribution >= 4 is 5.97 Å². The summed E-state index contributed by atoms with van der Waals surface area (Å²) in [5, 5.41) is 12.4. The minimum absolute atomic E-state index is 0.901. The maximum atomic E-state index is 11.7. The van der Waals surface area contributed by atoms with Gasteiger partial charge >= 0.3 is 12.1 Å². The van der Waals surface area contributed by atoms with Crippen LogP contribution in [0.3, 0.4) is 0 Å².